The maximum Gasteiger partial charge on any atom is 0.295 e. The van der Waals surface area contributed by atoms with E-state index in [1.54, 1.807) is 42.9 Å². The molecule has 0 atom stereocenters. The summed E-state index contributed by atoms with van der Waals surface area (Å²) in [5.41, 5.74) is 2.31. The molecule has 3 aromatic carbocycles. The number of carbonyl (C=O) groups is 2. The molecule has 0 aliphatic heterocycles. The summed E-state index contributed by atoms with van der Waals surface area (Å²) in [4.78, 5) is 38.3. The van der Waals surface area contributed by atoms with Crippen LogP contribution in [0.5, 0.6) is 0 Å². The number of halogens is 2. The van der Waals surface area contributed by atoms with E-state index in [9.17, 15) is 14.4 Å². The first kappa shape index (κ1) is 23.4. The third kappa shape index (κ3) is 4.76. The average molecular weight is 495 g/mol. The van der Waals surface area contributed by atoms with Crippen molar-refractivity contribution in [2.24, 2.45) is 7.05 Å². The van der Waals surface area contributed by atoms with E-state index in [0.717, 1.165) is 0 Å². The second kappa shape index (κ2) is 9.59. The number of hydrogen-bond acceptors (Lipinski definition) is 3. The van der Waals surface area contributed by atoms with Gasteiger partial charge in [-0.2, -0.15) is 0 Å². The topological polar surface area (TPSA) is 85.1 Å². The summed E-state index contributed by atoms with van der Waals surface area (Å²) in [6, 6.07) is 20.0. The lowest BCUT2D eigenvalue weighted by Gasteiger charge is -2.08. The molecule has 0 aliphatic carbocycles. The normalized spacial score (nSPS) is 10.7. The number of anilines is 2. The van der Waals surface area contributed by atoms with Crippen molar-refractivity contribution in [1.82, 2.24) is 9.36 Å². The van der Waals surface area contributed by atoms with Gasteiger partial charge in [0.25, 0.3) is 17.4 Å². The average Bonchev–Trinajstić information content (AvgIpc) is 3.02. The number of amides is 2. The fraction of sp³-hybridized carbons (Fsp3) is 0.0800. The molecule has 0 bridgehead atoms. The zero-order valence-corrected chi connectivity index (χ0v) is 19.8. The van der Waals surface area contributed by atoms with E-state index in [4.69, 9.17) is 23.2 Å². The largest absolute Gasteiger partial charge is 0.322 e. The molecule has 0 saturated carbocycles. The highest BCUT2D eigenvalue weighted by molar-refractivity contribution is 6.35. The Bertz CT molecular complexity index is 1420. The fourth-order valence-corrected chi connectivity index (χ4v) is 4.02. The lowest BCUT2D eigenvalue weighted by molar-refractivity contribution is 0.102. The van der Waals surface area contributed by atoms with Crippen molar-refractivity contribution in [2.75, 3.05) is 10.6 Å². The maximum atomic E-state index is 13.0. The van der Waals surface area contributed by atoms with Gasteiger partial charge in [-0.15, -0.1) is 0 Å². The van der Waals surface area contributed by atoms with E-state index >= 15 is 0 Å². The Morgan fingerprint density at radius 2 is 1.38 bits per heavy atom. The molecule has 0 spiro atoms. The molecule has 0 unspecified atom stereocenters. The molecule has 2 amide bonds. The smallest absolute Gasteiger partial charge is 0.295 e. The van der Waals surface area contributed by atoms with Gasteiger partial charge in [-0.1, -0.05) is 41.4 Å². The Morgan fingerprint density at radius 1 is 0.794 bits per heavy atom. The van der Waals surface area contributed by atoms with Gasteiger partial charge in [0.15, 0.2) is 0 Å². The van der Waals surface area contributed by atoms with Crippen molar-refractivity contribution in [3.63, 3.8) is 0 Å². The lowest BCUT2D eigenvalue weighted by atomic mass is 10.1. The Hall–Kier alpha value is -3.81. The fourth-order valence-electron chi connectivity index (χ4n) is 3.49. The van der Waals surface area contributed by atoms with Crippen molar-refractivity contribution in [1.29, 1.82) is 0 Å². The Kier molecular flexibility index (Phi) is 6.58. The second-order valence-corrected chi connectivity index (χ2v) is 8.45. The van der Waals surface area contributed by atoms with Gasteiger partial charge in [0.1, 0.15) is 5.69 Å². The standard InChI is InChI=1S/C25H20Cl2N4O3/c1-15-22(25(34)31(30(15)2)21-6-4-3-5-7-21)29-23(32)16-8-10-20(11-9-16)28-24(33)17-12-18(26)14-19(27)13-17/h3-14H,1-2H3,(H,28,33)(H,29,32). The highest BCUT2D eigenvalue weighted by atomic mass is 35.5. The first-order chi connectivity index (χ1) is 16.2. The van der Waals surface area contributed by atoms with Crippen LogP contribution in [0, 0.1) is 6.92 Å². The number of benzene rings is 3. The lowest BCUT2D eigenvalue weighted by Crippen LogP contribution is -2.23. The molecule has 0 radical (unpaired) electrons. The van der Waals surface area contributed by atoms with Crippen LogP contribution in [0.15, 0.2) is 77.6 Å². The molecule has 34 heavy (non-hydrogen) atoms. The van der Waals surface area contributed by atoms with E-state index in [0.29, 0.717) is 38.2 Å². The van der Waals surface area contributed by atoms with Gasteiger partial charge in [0.05, 0.1) is 11.4 Å². The molecule has 0 aliphatic rings. The monoisotopic (exact) mass is 494 g/mol. The molecule has 1 heterocycles. The van der Waals surface area contributed by atoms with Gasteiger partial charge in [-0.05, 0) is 61.5 Å². The summed E-state index contributed by atoms with van der Waals surface area (Å²) >= 11 is 11.9. The van der Waals surface area contributed by atoms with Gasteiger partial charge in [0.2, 0.25) is 0 Å². The van der Waals surface area contributed by atoms with Gasteiger partial charge < -0.3 is 10.6 Å². The van der Waals surface area contributed by atoms with Crippen molar-refractivity contribution < 1.29 is 9.59 Å². The molecule has 4 aromatic rings. The highest BCUT2D eigenvalue weighted by Crippen LogP contribution is 2.21. The van der Waals surface area contributed by atoms with Crippen molar-refractivity contribution >= 4 is 46.4 Å². The van der Waals surface area contributed by atoms with Gasteiger partial charge in [0, 0.05) is 33.9 Å². The summed E-state index contributed by atoms with van der Waals surface area (Å²) in [5.74, 6) is -0.825. The predicted octanol–water partition coefficient (Wildman–Crippen LogP) is 5.30. The molecule has 0 fully saturated rings. The van der Waals surface area contributed by atoms with E-state index in [2.05, 4.69) is 10.6 Å². The summed E-state index contributed by atoms with van der Waals surface area (Å²) in [6.45, 7) is 1.76. The molecule has 172 valence electrons. The number of para-hydroxylation sites is 1. The molecule has 1 aromatic heterocycles. The minimum atomic E-state index is -0.439. The number of carbonyl (C=O) groups excluding carboxylic acids is 2. The van der Waals surface area contributed by atoms with E-state index < -0.39 is 5.91 Å². The van der Waals surface area contributed by atoms with Crippen molar-refractivity contribution in [2.45, 2.75) is 6.92 Å². The molecule has 2 N–H and O–H groups in total. The van der Waals surface area contributed by atoms with Crippen LogP contribution in [0.4, 0.5) is 11.4 Å². The van der Waals surface area contributed by atoms with Crippen LogP contribution in [0.25, 0.3) is 5.69 Å². The summed E-state index contributed by atoms with van der Waals surface area (Å²) in [5, 5.41) is 6.15. The molecule has 9 heteroatoms. The molecule has 7 nitrogen and oxygen atoms in total. The van der Waals surface area contributed by atoms with Crippen LogP contribution < -0.4 is 16.2 Å². The minimum absolute atomic E-state index is 0.201. The Morgan fingerprint density at radius 3 is 2.00 bits per heavy atom. The zero-order valence-electron chi connectivity index (χ0n) is 18.3. The Labute approximate surface area is 205 Å². The van der Waals surface area contributed by atoms with Crippen LogP contribution in [-0.2, 0) is 7.05 Å². The quantitative estimate of drug-likeness (QED) is 0.394. The minimum Gasteiger partial charge on any atom is -0.322 e. The van der Waals surface area contributed by atoms with Gasteiger partial charge in [-0.3, -0.25) is 19.1 Å². The van der Waals surface area contributed by atoms with Gasteiger partial charge in [-0.25, -0.2) is 4.68 Å². The number of rotatable bonds is 5. The number of nitrogens with zero attached hydrogens (tertiary/aromatic N) is 2. The SMILES string of the molecule is Cc1c(NC(=O)c2ccc(NC(=O)c3cc(Cl)cc(Cl)c3)cc2)c(=O)n(-c2ccccc2)n1C. The first-order valence-corrected chi connectivity index (χ1v) is 11.0. The van der Waals surface area contributed by atoms with E-state index in [-0.39, 0.29) is 17.2 Å². The molecule has 4 rings (SSSR count). The van der Waals surface area contributed by atoms with Crippen LogP contribution in [0.1, 0.15) is 26.4 Å². The van der Waals surface area contributed by atoms with Crippen LogP contribution in [0.3, 0.4) is 0 Å². The second-order valence-electron chi connectivity index (χ2n) is 7.58. The summed E-state index contributed by atoms with van der Waals surface area (Å²) < 4.78 is 3.18. The summed E-state index contributed by atoms with van der Waals surface area (Å²) in [7, 11) is 1.75. The predicted molar refractivity (Wildman–Crippen MR) is 135 cm³/mol. The van der Waals surface area contributed by atoms with Crippen molar-refractivity contribution in [3.8, 4) is 5.69 Å². The third-order valence-electron chi connectivity index (χ3n) is 5.32. The Balaban J connectivity index is 1.51. The van der Waals surface area contributed by atoms with Crippen LogP contribution in [-0.4, -0.2) is 21.2 Å². The van der Waals surface area contributed by atoms with Gasteiger partial charge >= 0.3 is 0 Å². The summed E-state index contributed by atoms with van der Waals surface area (Å²) in [6.07, 6.45) is 0. The molecular weight excluding hydrogens is 475 g/mol. The van der Waals surface area contributed by atoms with Crippen LogP contribution in [0.2, 0.25) is 10.0 Å². The third-order valence-corrected chi connectivity index (χ3v) is 5.76. The number of nitrogens with one attached hydrogen (secondary N) is 2. The van der Waals surface area contributed by atoms with E-state index in [1.807, 2.05) is 30.3 Å². The zero-order chi connectivity index (χ0) is 24.4. The number of aromatic nitrogens is 2. The highest BCUT2D eigenvalue weighted by Gasteiger charge is 2.19. The number of hydrogen-bond donors (Lipinski definition) is 2. The molecular formula is C25H20Cl2N4O3. The van der Waals surface area contributed by atoms with E-state index in [1.165, 1.54) is 22.9 Å². The first-order valence-electron chi connectivity index (χ1n) is 10.3. The van der Waals surface area contributed by atoms with Crippen molar-refractivity contribution in [3.05, 3.63) is 110 Å². The molecule has 0 saturated heterocycles. The maximum absolute atomic E-state index is 13.0. The van der Waals surface area contributed by atoms with Crippen LogP contribution >= 0.6 is 23.2 Å².